The maximum atomic E-state index is 13.2. The van der Waals surface area contributed by atoms with Gasteiger partial charge in [-0.3, -0.25) is 14.5 Å². The summed E-state index contributed by atoms with van der Waals surface area (Å²) in [6.45, 7) is 0.0776. The summed E-state index contributed by atoms with van der Waals surface area (Å²) in [5.41, 5.74) is 2.63. The van der Waals surface area contributed by atoms with Gasteiger partial charge >= 0.3 is 0 Å². The van der Waals surface area contributed by atoms with Crippen LogP contribution in [0.1, 0.15) is 11.1 Å². The fourth-order valence-electron chi connectivity index (χ4n) is 3.15. The van der Waals surface area contributed by atoms with Crippen molar-refractivity contribution in [3.05, 3.63) is 108 Å². The third-order valence-electron chi connectivity index (χ3n) is 4.53. The number of rotatable bonds is 5. The molecule has 0 aromatic heterocycles. The van der Waals surface area contributed by atoms with Gasteiger partial charge in [0.25, 0.3) is 11.8 Å². The highest BCUT2D eigenvalue weighted by atomic mass is 19.1. The minimum atomic E-state index is -0.406. The van der Waals surface area contributed by atoms with Crippen molar-refractivity contribution in [2.24, 2.45) is 0 Å². The van der Waals surface area contributed by atoms with Gasteiger partial charge in [0, 0.05) is 5.69 Å². The number of nitrogens with one attached hydrogen (secondary N) is 1. The zero-order chi connectivity index (χ0) is 19.5. The number of nitrogens with zero attached hydrogens (tertiary/aromatic N) is 1. The molecule has 1 aliphatic heterocycles. The lowest BCUT2D eigenvalue weighted by Gasteiger charge is -2.15. The first-order chi connectivity index (χ1) is 13.6. The Hall–Kier alpha value is -3.73. The highest BCUT2D eigenvalue weighted by molar-refractivity contribution is 6.36. The van der Waals surface area contributed by atoms with E-state index in [2.05, 4.69) is 5.32 Å². The SMILES string of the molecule is O=C1C(Nc2ccccc2)=C(c2ccccc2)C(=O)N1Cc1ccc(F)cc1. The van der Waals surface area contributed by atoms with Gasteiger partial charge in [0.2, 0.25) is 0 Å². The number of hydrogen-bond donors (Lipinski definition) is 1. The fourth-order valence-corrected chi connectivity index (χ4v) is 3.15. The first-order valence-corrected chi connectivity index (χ1v) is 8.86. The highest BCUT2D eigenvalue weighted by Crippen LogP contribution is 2.31. The maximum Gasteiger partial charge on any atom is 0.278 e. The largest absolute Gasteiger partial charge is 0.350 e. The lowest BCUT2D eigenvalue weighted by molar-refractivity contribution is -0.137. The molecular weight excluding hydrogens is 355 g/mol. The number of benzene rings is 3. The van der Waals surface area contributed by atoms with Crippen molar-refractivity contribution in [2.75, 3.05) is 5.32 Å². The average Bonchev–Trinajstić information content (AvgIpc) is 2.95. The molecule has 5 heteroatoms. The first kappa shape index (κ1) is 17.7. The lowest BCUT2D eigenvalue weighted by Crippen LogP contribution is -2.32. The molecule has 2 amide bonds. The van der Waals surface area contributed by atoms with E-state index in [4.69, 9.17) is 0 Å². The number of para-hydroxylation sites is 1. The van der Waals surface area contributed by atoms with Crippen molar-refractivity contribution >= 4 is 23.1 Å². The number of carbonyl (C=O) groups excluding carboxylic acids is 2. The van der Waals surface area contributed by atoms with E-state index in [1.54, 1.807) is 24.3 Å². The van der Waals surface area contributed by atoms with Crippen molar-refractivity contribution in [2.45, 2.75) is 6.54 Å². The van der Waals surface area contributed by atoms with Crippen LogP contribution in [0, 0.1) is 5.82 Å². The van der Waals surface area contributed by atoms with Crippen LogP contribution < -0.4 is 5.32 Å². The van der Waals surface area contributed by atoms with Crippen LogP contribution in [-0.2, 0) is 16.1 Å². The topological polar surface area (TPSA) is 49.4 Å². The van der Waals surface area contributed by atoms with Gasteiger partial charge in [0.15, 0.2) is 0 Å². The van der Waals surface area contributed by atoms with Gasteiger partial charge in [0.1, 0.15) is 11.5 Å². The van der Waals surface area contributed by atoms with E-state index in [0.717, 1.165) is 5.69 Å². The Morgan fingerprint density at radius 2 is 1.36 bits per heavy atom. The van der Waals surface area contributed by atoms with Crippen LogP contribution in [0.5, 0.6) is 0 Å². The summed E-state index contributed by atoms with van der Waals surface area (Å²) in [5.74, 6) is -1.15. The van der Waals surface area contributed by atoms with E-state index in [-0.39, 0.29) is 24.0 Å². The van der Waals surface area contributed by atoms with E-state index in [1.165, 1.54) is 17.0 Å². The third-order valence-corrected chi connectivity index (χ3v) is 4.53. The Kier molecular flexibility index (Phi) is 4.72. The minimum Gasteiger partial charge on any atom is -0.350 e. The standard InChI is InChI=1S/C23H17FN2O2/c24-18-13-11-16(12-14-18)15-26-22(27)20(17-7-3-1-4-8-17)21(23(26)28)25-19-9-5-2-6-10-19/h1-14,25H,15H2. The Morgan fingerprint density at radius 1 is 0.750 bits per heavy atom. The Labute approximate surface area is 161 Å². The predicted octanol–water partition coefficient (Wildman–Crippen LogP) is 4.22. The molecule has 0 fully saturated rings. The molecule has 0 saturated heterocycles. The van der Waals surface area contributed by atoms with E-state index in [9.17, 15) is 14.0 Å². The average molecular weight is 372 g/mol. The summed E-state index contributed by atoms with van der Waals surface area (Å²) < 4.78 is 13.2. The first-order valence-electron chi connectivity index (χ1n) is 8.86. The molecule has 0 aliphatic carbocycles. The summed E-state index contributed by atoms with van der Waals surface area (Å²) in [7, 11) is 0. The molecule has 4 nitrogen and oxygen atoms in total. The number of hydrogen-bond acceptors (Lipinski definition) is 3. The zero-order valence-corrected chi connectivity index (χ0v) is 14.9. The van der Waals surface area contributed by atoms with Crippen molar-refractivity contribution in [1.82, 2.24) is 4.90 Å². The van der Waals surface area contributed by atoms with Crippen LogP contribution in [-0.4, -0.2) is 16.7 Å². The molecule has 4 rings (SSSR count). The van der Waals surface area contributed by atoms with E-state index >= 15 is 0 Å². The maximum absolute atomic E-state index is 13.2. The van der Waals surface area contributed by atoms with Gasteiger partial charge in [-0.15, -0.1) is 0 Å². The summed E-state index contributed by atoms with van der Waals surface area (Å²) in [4.78, 5) is 27.4. The predicted molar refractivity (Wildman–Crippen MR) is 105 cm³/mol. The smallest absolute Gasteiger partial charge is 0.278 e. The molecule has 3 aromatic carbocycles. The lowest BCUT2D eigenvalue weighted by atomic mass is 10.0. The second-order valence-corrected chi connectivity index (χ2v) is 6.43. The number of amides is 2. The molecule has 0 saturated carbocycles. The summed E-state index contributed by atoms with van der Waals surface area (Å²) in [6.07, 6.45) is 0. The molecule has 0 spiro atoms. The van der Waals surface area contributed by atoms with Gasteiger partial charge in [-0.05, 0) is 35.4 Å². The molecular formula is C23H17FN2O2. The van der Waals surface area contributed by atoms with Crippen LogP contribution in [0.25, 0.3) is 5.57 Å². The summed E-state index contributed by atoms with van der Waals surface area (Å²) in [6, 6.07) is 24.1. The van der Waals surface area contributed by atoms with Gasteiger partial charge in [-0.25, -0.2) is 4.39 Å². The van der Waals surface area contributed by atoms with Gasteiger partial charge in [-0.1, -0.05) is 60.7 Å². The highest BCUT2D eigenvalue weighted by Gasteiger charge is 2.39. The third kappa shape index (κ3) is 3.42. The second-order valence-electron chi connectivity index (χ2n) is 6.43. The number of imide groups is 1. The molecule has 1 heterocycles. The van der Waals surface area contributed by atoms with Crippen molar-refractivity contribution in [3.8, 4) is 0 Å². The van der Waals surface area contributed by atoms with Crippen LogP contribution in [0.4, 0.5) is 10.1 Å². The van der Waals surface area contributed by atoms with Crippen molar-refractivity contribution in [3.63, 3.8) is 0 Å². The van der Waals surface area contributed by atoms with Crippen molar-refractivity contribution < 1.29 is 14.0 Å². The monoisotopic (exact) mass is 372 g/mol. The van der Waals surface area contributed by atoms with Crippen molar-refractivity contribution in [1.29, 1.82) is 0 Å². The summed E-state index contributed by atoms with van der Waals surface area (Å²) >= 11 is 0. The molecule has 138 valence electrons. The van der Waals surface area contributed by atoms with Gasteiger partial charge in [-0.2, -0.15) is 0 Å². The summed E-state index contributed by atoms with van der Waals surface area (Å²) in [5, 5.41) is 3.10. The fraction of sp³-hybridized carbons (Fsp3) is 0.0435. The normalized spacial score (nSPS) is 14.0. The van der Waals surface area contributed by atoms with E-state index in [0.29, 0.717) is 16.7 Å². The Balaban J connectivity index is 1.71. The molecule has 1 N–H and O–H groups in total. The van der Waals surface area contributed by atoms with Crippen LogP contribution in [0.3, 0.4) is 0 Å². The molecule has 28 heavy (non-hydrogen) atoms. The Morgan fingerprint density at radius 3 is 2.00 bits per heavy atom. The molecule has 3 aromatic rings. The number of carbonyl (C=O) groups is 2. The molecule has 0 unspecified atom stereocenters. The number of anilines is 1. The molecule has 0 atom stereocenters. The molecule has 0 bridgehead atoms. The zero-order valence-electron chi connectivity index (χ0n) is 14.9. The molecule has 0 radical (unpaired) electrons. The van der Waals surface area contributed by atoms with Crippen LogP contribution >= 0.6 is 0 Å². The second kappa shape index (κ2) is 7.48. The minimum absolute atomic E-state index is 0.0776. The molecule has 1 aliphatic rings. The van der Waals surface area contributed by atoms with Gasteiger partial charge < -0.3 is 5.32 Å². The van der Waals surface area contributed by atoms with Crippen LogP contribution in [0.15, 0.2) is 90.6 Å². The van der Waals surface area contributed by atoms with Crippen LogP contribution in [0.2, 0.25) is 0 Å². The van der Waals surface area contributed by atoms with Gasteiger partial charge in [0.05, 0.1) is 12.1 Å². The van der Waals surface area contributed by atoms with E-state index in [1.807, 2.05) is 48.5 Å². The Bertz CT molecular complexity index is 1040. The quantitative estimate of drug-likeness (QED) is 0.683. The number of halogens is 1. The van der Waals surface area contributed by atoms with E-state index < -0.39 is 5.91 Å².